The first-order valence-electron chi connectivity index (χ1n) is 11.6. The molecule has 0 bridgehead atoms. The van der Waals surface area contributed by atoms with Gasteiger partial charge in [-0.25, -0.2) is 6.17 Å². The number of nitrogens with zero attached hydrogens (tertiary/aromatic N) is 4. The van der Waals surface area contributed by atoms with Crippen molar-refractivity contribution in [3.8, 4) is 0 Å². The Labute approximate surface area is 199 Å². The Balaban J connectivity index is -0.000000412. The van der Waals surface area contributed by atoms with Gasteiger partial charge in [0, 0.05) is 0 Å². The van der Waals surface area contributed by atoms with Crippen molar-refractivity contribution in [3.63, 3.8) is 0 Å². The zero-order chi connectivity index (χ0) is 24.8. The van der Waals surface area contributed by atoms with Crippen LogP contribution in [0.3, 0.4) is 0 Å². The minimum absolute atomic E-state index is 0.132. The molecular weight excluding hydrogens is 452 g/mol. The Kier molecular flexibility index (Phi) is 19.5. The van der Waals surface area contributed by atoms with E-state index in [4.69, 9.17) is 0 Å². The summed E-state index contributed by atoms with van der Waals surface area (Å²) in [4.78, 5) is 0. The molecule has 0 aromatic carbocycles. The maximum absolute atomic E-state index is 4.67. The van der Waals surface area contributed by atoms with Crippen LogP contribution in [0, 0.1) is 11.3 Å². The van der Waals surface area contributed by atoms with E-state index in [2.05, 4.69) is 128 Å². The van der Waals surface area contributed by atoms with Gasteiger partial charge in [-0.2, -0.15) is 20.8 Å². The van der Waals surface area contributed by atoms with Gasteiger partial charge in [-0.1, -0.05) is 53.9 Å². The summed E-state index contributed by atoms with van der Waals surface area (Å²) in [7, 11) is 0. The van der Waals surface area contributed by atoms with Crippen molar-refractivity contribution >= 4 is 0 Å². The van der Waals surface area contributed by atoms with E-state index in [-0.39, 0.29) is 22.7 Å². The predicted molar refractivity (Wildman–Crippen MR) is 134 cm³/mol. The van der Waals surface area contributed by atoms with Gasteiger partial charge < -0.3 is 16.6 Å². The summed E-state index contributed by atoms with van der Waals surface area (Å²) in [5.74, 6) is 1.42. The van der Waals surface area contributed by atoms with Crippen molar-refractivity contribution < 1.29 is 18.2 Å². The zero-order valence-corrected chi connectivity index (χ0v) is 25.4. The molecule has 184 valence electrons. The molecule has 0 spiro atoms. The van der Waals surface area contributed by atoms with Crippen LogP contribution in [0.2, 0.25) is 0 Å². The quantitative estimate of drug-likeness (QED) is 0.232. The molecule has 0 aliphatic carbocycles. The first-order chi connectivity index (χ1) is 13.3. The molecule has 0 aromatic rings. The zero-order valence-electron chi connectivity index (χ0n) is 23.3. The van der Waals surface area contributed by atoms with Gasteiger partial charge in [-0.15, -0.1) is 12.1 Å². The molecule has 0 unspecified atom stereocenters. The topological polar surface area (TPSA) is 52.9 Å². The first-order valence-corrected chi connectivity index (χ1v) is 13.4. The molecule has 0 atom stereocenters. The van der Waals surface area contributed by atoms with Crippen LogP contribution in [-0.2, 0) is 18.2 Å². The summed E-state index contributed by atoms with van der Waals surface area (Å²) in [6.07, 6.45) is 2.35. The summed E-state index contributed by atoms with van der Waals surface area (Å²) in [6.45, 7) is 34.4. The molecule has 0 rings (SSSR count). The fourth-order valence-corrected chi connectivity index (χ4v) is 3.24. The normalized spacial score (nSPS) is 12.4. The van der Waals surface area contributed by atoms with Crippen LogP contribution in [0.25, 0.3) is 10.6 Å². The average Bonchev–Trinajstić information content (AvgIpc) is 2.52. The van der Waals surface area contributed by atoms with Crippen molar-refractivity contribution in [3.05, 3.63) is 16.6 Å². The second-order valence-electron chi connectivity index (χ2n) is 11.3. The van der Waals surface area contributed by atoms with E-state index in [1.165, 1.54) is 5.92 Å². The summed E-state index contributed by atoms with van der Waals surface area (Å²) < 4.78 is 9.34. The summed E-state index contributed by atoms with van der Waals surface area (Å²) in [6, 6.07) is 0.735. The Morgan fingerprint density at radius 1 is 0.700 bits per heavy atom. The Bertz CT molecular complexity index is 435. The van der Waals surface area contributed by atoms with Crippen LogP contribution in [-0.4, -0.2) is 29.3 Å². The van der Waals surface area contributed by atoms with Gasteiger partial charge in [0.25, 0.3) is 0 Å². The van der Waals surface area contributed by atoms with E-state index in [1.807, 2.05) is 0 Å². The second-order valence-corrected chi connectivity index (χ2v) is 12.6. The van der Waals surface area contributed by atoms with E-state index in [9.17, 15) is 0 Å². The van der Waals surface area contributed by atoms with Crippen LogP contribution in [0.5, 0.6) is 0 Å². The molecule has 0 heterocycles. The smallest absolute Gasteiger partial charge is 0.189 e. The predicted octanol–water partition coefficient (Wildman–Crippen LogP) is 9.36. The molecule has 0 aliphatic rings. The standard InChI is InChI=1S/C11H24N2.2C5H11N.C4H9.Mo/c1-8(2)12-10(11(5,6)7)13-9(3)4;2*1-4-5(2,3)6;1-4(2)3;/h8-10H,1-7H3;2*4H2,1-3H3;1-3H3;/q-2;;;-1;. The van der Waals surface area contributed by atoms with Gasteiger partial charge in [0.1, 0.15) is 0 Å². The van der Waals surface area contributed by atoms with Crippen LogP contribution in [0.1, 0.15) is 124 Å². The van der Waals surface area contributed by atoms with Crippen LogP contribution in [0.4, 0.5) is 0 Å². The second kappa shape index (κ2) is 16.8. The number of rotatable bonds is 8. The molecule has 0 saturated carbocycles. The third-order valence-electron chi connectivity index (χ3n) is 3.96. The first kappa shape index (κ1) is 34.8. The molecule has 0 radical (unpaired) electrons. The summed E-state index contributed by atoms with van der Waals surface area (Å²) >= 11 is -0.492. The average molecular weight is 508 g/mol. The van der Waals surface area contributed by atoms with Crippen LogP contribution in [0.15, 0.2) is 6.99 Å². The minimum Gasteiger partial charge on any atom is -0.323 e. The molecule has 0 fully saturated rings. The fraction of sp³-hybridized carbons (Fsp3) is 0.960. The Morgan fingerprint density at radius 2 is 0.967 bits per heavy atom. The van der Waals surface area contributed by atoms with Gasteiger partial charge >= 0.3 is 90.7 Å². The molecule has 5 heteroatoms. The summed E-state index contributed by atoms with van der Waals surface area (Å²) in [5.41, 5.74) is 0.444. The van der Waals surface area contributed by atoms with Gasteiger partial charge in [-0.3, -0.25) is 0 Å². The van der Waals surface area contributed by atoms with Crippen LogP contribution >= 0.6 is 0 Å². The van der Waals surface area contributed by atoms with Gasteiger partial charge in [-0.05, 0) is 0 Å². The Hall–Kier alpha value is 0.208. The van der Waals surface area contributed by atoms with Crippen molar-refractivity contribution in [1.29, 1.82) is 0 Å². The molecule has 0 aromatic heterocycles. The monoisotopic (exact) mass is 509 g/mol. The van der Waals surface area contributed by atoms with E-state index in [0.717, 1.165) is 12.8 Å². The van der Waals surface area contributed by atoms with Crippen molar-refractivity contribution in [1.82, 2.24) is 0 Å². The van der Waals surface area contributed by atoms with E-state index in [1.54, 1.807) is 0 Å². The third-order valence-corrected chi connectivity index (χ3v) is 6.79. The van der Waals surface area contributed by atoms with E-state index < -0.39 is 18.2 Å². The summed E-state index contributed by atoms with van der Waals surface area (Å²) in [5, 5.41) is 9.24. The SMILES string of the molecule is CC(C)[N-]C([N-]C(C)C)C(C)(C)C.CCC(C)(C)[N]=[Mo]=[N]C(C)(C)CC.C[C-](C)C. The van der Waals surface area contributed by atoms with Crippen molar-refractivity contribution in [2.45, 2.75) is 153 Å². The largest absolute Gasteiger partial charge is 0.323 e. The molecule has 0 aliphatic heterocycles. The van der Waals surface area contributed by atoms with Crippen molar-refractivity contribution in [2.24, 2.45) is 12.4 Å². The third kappa shape index (κ3) is 26.2. The maximum Gasteiger partial charge on any atom is -0.189 e. The molecule has 4 nitrogen and oxygen atoms in total. The molecule has 0 amide bonds. The maximum atomic E-state index is 4.67. The van der Waals surface area contributed by atoms with E-state index >= 15 is 0 Å². The molecule has 30 heavy (non-hydrogen) atoms. The molecular formula is C25H55MoN4-3. The Morgan fingerprint density at radius 3 is 1.13 bits per heavy atom. The number of hydrogen-bond donors (Lipinski definition) is 0. The van der Waals surface area contributed by atoms with E-state index in [0.29, 0.717) is 12.1 Å². The van der Waals surface area contributed by atoms with Crippen molar-refractivity contribution in [2.75, 3.05) is 0 Å². The number of hydrogen-bond acceptors (Lipinski definition) is 2. The minimum atomic E-state index is -0.492. The molecule has 0 N–H and O–H groups in total. The molecule has 0 saturated heterocycles. The van der Waals surface area contributed by atoms with Gasteiger partial charge in [0.15, 0.2) is 0 Å². The van der Waals surface area contributed by atoms with Gasteiger partial charge in [0.2, 0.25) is 0 Å². The van der Waals surface area contributed by atoms with Crippen LogP contribution < -0.4 is 0 Å². The van der Waals surface area contributed by atoms with Gasteiger partial charge in [0.05, 0.1) is 0 Å². The fourth-order valence-electron chi connectivity index (χ4n) is 1.42.